The molecule has 20 heavy (non-hydrogen) atoms. The molecule has 1 N–H and O–H groups in total. The van der Waals surface area contributed by atoms with E-state index in [0.717, 1.165) is 36.2 Å². The van der Waals surface area contributed by atoms with Crippen molar-refractivity contribution in [2.45, 2.75) is 26.3 Å². The lowest BCUT2D eigenvalue weighted by Gasteiger charge is -2.18. The summed E-state index contributed by atoms with van der Waals surface area (Å²) in [5.74, 6) is 0. The fourth-order valence-corrected chi connectivity index (χ4v) is 2.79. The van der Waals surface area contributed by atoms with Gasteiger partial charge in [0.1, 0.15) is 0 Å². The lowest BCUT2D eigenvalue weighted by molar-refractivity contribution is 0.151. The van der Waals surface area contributed by atoms with E-state index >= 15 is 0 Å². The monoisotopic (exact) mass is 273 g/mol. The molecule has 0 saturated heterocycles. The zero-order valence-corrected chi connectivity index (χ0v) is 11.4. The van der Waals surface area contributed by atoms with Crippen LogP contribution in [-0.2, 0) is 13.0 Å². The van der Waals surface area contributed by atoms with Gasteiger partial charge in [-0.25, -0.2) is 8.78 Å². The van der Waals surface area contributed by atoms with Crippen LogP contribution in [0.5, 0.6) is 0 Å². The normalized spacial score (nSPS) is 14.4. The molecule has 1 aliphatic heterocycles. The van der Waals surface area contributed by atoms with Crippen molar-refractivity contribution in [3.8, 4) is 11.1 Å². The van der Waals surface area contributed by atoms with Crippen LogP contribution in [0, 0.1) is 6.92 Å². The van der Waals surface area contributed by atoms with Gasteiger partial charge in [0, 0.05) is 12.1 Å². The largest absolute Gasteiger partial charge is 0.312 e. The van der Waals surface area contributed by atoms with Crippen LogP contribution in [0.1, 0.15) is 28.7 Å². The SMILES string of the molecule is Cc1cc(C(F)F)ccc1-c1ccc2c(c1)CCNC2. The van der Waals surface area contributed by atoms with E-state index < -0.39 is 6.43 Å². The van der Waals surface area contributed by atoms with Crippen LogP contribution in [0.2, 0.25) is 0 Å². The Kier molecular flexibility index (Phi) is 3.53. The van der Waals surface area contributed by atoms with Gasteiger partial charge in [-0.3, -0.25) is 0 Å². The van der Waals surface area contributed by atoms with Gasteiger partial charge < -0.3 is 5.32 Å². The van der Waals surface area contributed by atoms with Crippen LogP contribution >= 0.6 is 0 Å². The maximum atomic E-state index is 12.7. The number of hydrogen-bond acceptors (Lipinski definition) is 1. The molecular formula is C17H17F2N. The third kappa shape index (κ3) is 2.46. The first kappa shape index (κ1) is 13.3. The minimum absolute atomic E-state index is 0.0911. The number of nitrogens with one attached hydrogen (secondary N) is 1. The second kappa shape index (κ2) is 5.33. The number of alkyl halides is 2. The molecule has 0 fully saturated rings. The first-order valence-electron chi connectivity index (χ1n) is 6.87. The highest BCUT2D eigenvalue weighted by Gasteiger charge is 2.12. The van der Waals surface area contributed by atoms with Crippen molar-refractivity contribution in [3.63, 3.8) is 0 Å². The lowest BCUT2D eigenvalue weighted by atomic mass is 9.93. The van der Waals surface area contributed by atoms with Crippen LogP contribution in [0.4, 0.5) is 8.78 Å². The highest BCUT2D eigenvalue weighted by Crippen LogP contribution is 2.30. The topological polar surface area (TPSA) is 12.0 Å². The summed E-state index contributed by atoms with van der Waals surface area (Å²) in [5.41, 5.74) is 5.84. The average Bonchev–Trinajstić information content (AvgIpc) is 2.46. The molecule has 3 heteroatoms. The molecule has 0 aromatic heterocycles. The molecular weight excluding hydrogens is 256 g/mol. The van der Waals surface area contributed by atoms with E-state index in [1.807, 2.05) is 6.92 Å². The predicted octanol–water partition coefficient (Wildman–Crippen LogP) is 4.25. The van der Waals surface area contributed by atoms with Gasteiger partial charge in [-0.15, -0.1) is 0 Å². The van der Waals surface area contributed by atoms with Crippen LogP contribution in [0.15, 0.2) is 36.4 Å². The summed E-state index contributed by atoms with van der Waals surface area (Å²) < 4.78 is 25.4. The molecule has 0 amide bonds. The van der Waals surface area contributed by atoms with E-state index in [4.69, 9.17) is 0 Å². The number of aryl methyl sites for hydroxylation is 1. The predicted molar refractivity (Wildman–Crippen MR) is 77.0 cm³/mol. The van der Waals surface area contributed by atoms with Crippen molar-refractivity contribution in [3.05, 3.63) is 58.7 Å². The highest BCUT2D eigenvalue weighted by atomic mass is 19.3. The minimum Gasteiger partial charge on any atom is -0.312 e. The molecule has 104 valence electrons. The molecule has 2 aromatic rings. The quantitative estimate of drug-likeness (QED) is 0.862. The third-order valence-corrected chi connectivity index (χ3v) is 3.91. The summed E-state index contributed by atoms with van der Waals surface area (Å²) >= 11 is 0. The second-order valence-corrected chi connectivity index (χ2v) is 5.29. The molecule has 2 aromatic carbocycles. The fraction of sp³-hybridized carbons (Fsp3) is 0.294. The molecule has 0 unspecified atom stereocenters. The Labute approximate surface area is 117 Å². The Morgan fingerprint density at radius 2 is 1.90 bits per heavy atom. The zero-order chi connectivity index (χ0) is 14.1. The Morgan fingerprint density at radius 3 is 2.65 bits per heavy atom. The molecule has 1 heterocycles. The molecule has 0 atom stereocenters. The first-order chi connectivity index (χ1) is 9.65. The van der Waals surface area contributed by atoms with E-state index in [0.29, 0.717) is 0 Å². The van der Waals surface area contributed by atoms with E-state index in [1.54, 1.807) is 12.1 Å². The van der Waals surface area contributed by atoms with Crippen LogP contribution < -0.4 is 5.32 Å². The molecule has 0 bridgehead atoms. The van der Waals surface area contributed by atoms with E-state index in [1.165, 1.54) is 17.2 Å². The Bertz CT molecular complexity index is 635. The van der Waals surface area contributed by atoms with E-state index in [-0.39, 0.29) is 5.56 Å². The van der Waals surface area contributed by atoms with Gasteiger partial charge >= 0.3 is 0 Å². The standard InChI is InChI=1S/C17H17F2N/c1-11-8-14(17(18)19)4-5-16(11)13-2-3-15-10-20-7-6-12(15)9-13/h2-5,8-9,17,20H,6-7,10H2,1H3. The maximum absolute atomic E-state index is 12.7. The highest BCUT2D eigenvalue weighted by molar-refractivity contribution is 5.69. The van der Waals surface area contributed by atoms with Crippen LogP contribution in [0.3, 0.4) is 0 Å². The van der Waals surface area contributed by atoms with Crippen molar-refractivity contribution in [1.82, 2.24) is 5.32 Å². The van der Waals surface area contributed by atoms with Gasteiger partial charge in [0.25, 0.3) is 6.43 Å². The third-order valence-electron chi connectivity index (χ3n) is 3.91. The van der Waals surface area contributed by atoms with Gasteiger partial charge in [0.05, 0.1) is 0 Å². The minimum atomic E-state index is -2.41. The summed E-state index contributed by atoms with van der Waals surface area (Å²) in [5, 5.41) is 3.35. The van der Waals surface area contributed by atoms with Gasteiger partial charge in [-0.1, -0.05) is 30.3 Å². The molecule has 3 rings (SSSR count). The summed E-state index contributed by atoms with van der Waals surface area (Å²) in [6, 6.07) is 11.3. The van der Waals surface area contributed by atoms with Crippen molar-refractivity contribution < 1.29 is 8.78 Å². The van der Waals surface area contributed by atoms with Crippen molar-refractivity contribution in [1.29, 1.82) is 0 Å². The average molecular weight is 273 g/mol. The van der Waals surface area contributed by atoms with Gasteiger partial charge in [-0.05, 0) is 53.8 Å². The van der Waals surface area contributed by atoms with E-state index in [2.05, 4.69) is 23.5 Å². The maximum Gasteiger partial charge on any atom is 0.263 e. The molecule has 0 radical (unpaired) electrons. The van der Waals surface area contributed by atoms with Crippen molar-refractivity contribution in [2.75, 3.05) is 6.54 Å². The number of hydrogen-bond donors (Lipinski definition) is 1. The summed E-state index contributed by atoms with van der Waals surface area (Å²) in [4.78, 5) is 0. The molecule has 1 nitrogen and oxygen atoms in total. The van der Waals surface area contributed by atoms with Crippen LogP contribution in [-0.4, -0.2) is 6.54 Å². The van der Waals surface area contributed by atoms with E-state index in [9.17, 15) is 8.78 Å². The molecule has 0 saturated carbocycles. The van der Waals surface area contributed by atoms with Gasteiger partial charge in [-0.2, -0.15) is 0 Å². The number of benzene rings is 2. The van der Waals surface area contributed by atoms with Gasteiger partial charge in [0.15, 0.2) is 0 Å². The van der Waals surface area contributed by atoms with Gasteiger partial charge in [0.2, 0.25) is 0 Å². The summed E-state index contributed by atoms with van der Waals surface area (Å²) in [7, 11) is 0. The fourth-order valence-electron chi connectivity index (χ4n) is 2.79. The molecule has 1 aliphatic rings. The second-order valence-electron chi connectivity index (χ2n) is 5.29. The number of rotatable bonds is 2. The lowest BCUT2D eigenvalue weighted by Crippen LogP contribution is -2.23. The number of fused-ring (bicyclic) bond motifs is 1. The zero-order valence-electron chi connectivity index (χ0n) is 11.4. The summed E-state index contributed by atoms with van der Waals surface area (Å²) in [6.45, 7) is 3.81. The number of halogens is 2. The van der Waals surface area contributed by atoms with Crippen molar-refractivity contribution in [2.24, 2.45) is 0 Å². The molecule has 0 spiro atoms. The van der Waals surface area contributed by atoms with Crippen LogP contribution in [0.25, 0.3) is 11.1 Å². The van der Waals surface area contributed by atoms with Crippen molar-refractivity contribution >= 4 is 0 Å². The molecule has 0 aliphatic carbocycles. The first-order valence-corrected chi connectivity index (χ1v) is 6.87. The Balaban J connectivity index is 2.00. The summed E-state index contributed by atoms with van der Waals surface area (Å²) in [6.07, 6.45) is -1.38. The Hall–Kier alpha value is -1.74. The Morgan fingerprint density at radius 1 is 1.05 bits per heavy atom. The smallest absolute Gasteiger partial charge is 0.263 e.